The molecule has 0 unspecified atom stereocenters. The minimum atomic E-state index is -0.533. The van der Waals surface area contributed by atoms with Crippen LogP contribution in [0.4, 0.5) is 11.4 Å². The van der Waals surface area contributed by atoms with E-state index >= 15 is 0 Å². The predicted molar refractivity (Wildman–Crippen MR) is 89.5 cm³/mol. The molecule has 8 heteroatoms. The number of carbonyl (C=O) groups is 1. The van der Waals surface area contributed by atoms with Gasteiger partial charge in [-0.1, -0.05) is 12.1 Å². The number of benzene rings is 2. The van der Waals surface area contributed by atoms with E-state index in [4.69, 9.17) is 14.7 Å². The highest BCUT2D eigenvalue weighted by Gasteiger charge is 2.14. The zero-order valence-corrected chi connectivity index (χ0v) is 13.4. The smallest absolute Gasteiger partial charge is 0.313 e. The third-order valence-corrected chi connectivity index (χ3v) is 3.26. The second-order valence-corrected chi connectivity index (χ2v) is 4.90. The lowest BCUT2D eigenvalue weighted by molar-refractivity contribution is -0.384. The van der Waals surface area contributed by atoms with E-state index in [1.807, 2.05) is 6.07 Å². The molecule has 8 nitrogen and oxygen atoms in total. The topological polar surface area (TPSA) is 114 Å². The summed E-state index contributed by atoms with van der Waals surface area (Å²) in [4.78, 5) is 22.3. The predicted octanol–water partition coefficient (Wildman–Crippen LogP) is 2.88. The molecular weight excluding hydrogens is 326 g/mol. The highest BCUT2D eigenvalue weighted by atomic mass is 16.6. The van der Waals surface area contributed by atoms with Gasteiger partial charge in [0.25, 0.3) is 5.69 Å². The lowest BCUT2D eigenvalue weighted by Crippen LogP contribution is -2.14. The maximum atomic E-state index is 11.9. The number of hydrogen-bond acceptors (Lipinski definition) is 7. The van der Waals surface area contributed by atoms with Gasteiger partial charge in [0.05, 0.1) is 30.1 Å². The van der Waals surface area contributed by atoms with Gasteiger partial charge in [-0.05, 0) is 18.2 Å². The number of anilines is 1. The van der Waals surface area contributed by atoms with Crippen LogP contribution in [0.2, 0.25) is 0 Å². The van der Waals surface area contributed by atoms with Gasteiger partial charge in [0.2, 0.25) is 0 Å². The molecule has 0 aromatic heterocycles. The van der Waals surface area contributed by atoms with Crippen molar-refractivity contribution >= 4 is 17.3 Å². The molecule has 0 atom stereocenters. The Balaban J connectivity index is 1.94. The number of nitrogens with one attached hydrogen (secondary N) is 1. The fourth-order valence-corrected chi connectivity index (χ4v) is 2.08. The van der Waals surface area contributed by atoms with Gasteiger partial charge in [0, 0.05) is 18.7 Å². The van der Waals surface area contributed by atoms with Crippen molar-refractivity contribution in [1.82, 2.24) is 0 Å². The minimum absolute atomic E-state index is 0.00476. The molecule has 0 radical (unpaired) electrons. The van der Waals surface area contributed by atoms with Crippen LogP contribution in [-0.4, -0.2) is 24.5 Å². The van der Waals surface area contributed by atoms with Crippen LogP contribution in [0.1, 0.15) is 12.0 Å². The number of hydrogen-bond donors (Lipinski definition) is 1. The summed E-state index contributed by atoms with van der Waals surface area (Å²) in [5.74, 6) is -0.0506. The first-order valence-electron chi connectivity index (χ1n) is 7.31. The fraction of sp³-hybridized carbons (Fsp3) is 0.176. The van der Waals surface area contributed by atoms with Gasteiger partial charge >= 0.3 is 5.97 Å². The Bertz CT molecular complexity index is 829. The molecule has 0 saturated carbocycles. The van der Waals surface area contributed by atoms with Crippen LogP contribution in [0.5, 0.6) is 11.5 Å². The van der Waals surface area contributed by atoms with E-state index in [0.29, 0.717) is 11.3 Å². The van der Waals surface area contributed by atoms with Crippen LogP contribution in [0.15, 0.2) is 42.5 Å². The molecule has 2 aromatic carbocycles. The quantitative estimate of drug-likeness (QED) is 0.356. The number of para-hydroxylation sites is 2. The second-order valence-electron chi connectivity index (χ2n) is 4.90. The van der Waals surface area contributed by atoms with Gasteiger partial charge in [-0.15, -0.1) is 0 Å². The third kappa shape index (κ3) is 4.68. The lowest BCUT2D eigenvalue weighted by Gasteiger charge is -2.10. The normalized spacial score (nSPS) is 9.76. The summed E-state index contributed by atoms with van der Waals surface area (Å²) in [6.45, 7) is 0.169. The molecule has 25 heavy (non-hydrogen) atoms. The van der Waals surface area contributed by atoms with E-state index in [1.165, 1.54) is 31.4 Å². The van der Waals surface area contributed by atoms with E-state index in [0.717, 1.165) is 0 Å². The van der Waals surface area contributed by atoms with Crippen molar-refractivity contribution in [2.45, 2.75) is 6.42 Å². The summed E-state index contributed by atoms with van der Waals surface area (Å²) >= 11 is 0. The SMILES string of the molecule is COc1cc(C#N)ccc1OC(=O)CCNc1ccccc1[N+](=O)[O-]. The van der Waals surface area contributed by atoms with Crippen molar-refractivity contribution in [3.8, 4) is 17.6 Å². The molecule has 128 valence electrons. The van der Waals surface area contributed by atoms with E-state index in [-0.39, 0.29) is 30.2 Å². The van der Waals surface area contributed by atoms with Crippen LogP contribution in [-0.2, 0) is 4.79 Å². The maximum absolute atomic E-state index is 11.9. The van der Waals surface area contributed by atoms with Gasteiger partial charge in [0.1, 0.15) is 5.69 Å². The number of ether oxygens (including phenoxy) is 2. The Morgan fingerprint density at radius 1 is 1.28 bits per heavy atom. The Morgan fingerprint density at radius 3 is 2.72 bits per heavy atom. The monoisotopic (exact) mass is 341 g/mol. The number of carbonyl (C=O) groups excluding carboxylic acids is 1. The first-order valence-corrected chi connectivity index (χ1v) is 7.31. The molecule has 2 rings (SSSR count). The van der Waals surface area contributed by atoms with Gasteiger partial charge in [-0.25, -0.2) is 0 Å². The molecule has 0 aliphatic carbocycles. The first-order chi connectivity index (χ1) is 12.0. The highest BCUT2D eigenvalue weighted by Crippen LogP contribution is 2.28. The fourth-order valence-electron chi connectivity index (χ4n) is 2.08. The molecule has 0 aliphatic heterocycles. The summed E-state index contributed by atoms with van der Waals surface area (Å²) in [5, 5.41) is 22.6. The number of nitriles is 1. The summed E-state index contributed by atoms with van der Waals surface area (Å²) < 4.78 is 10.3. The van der Waals surface area contributed by atoms with Crippen molar-refractivity contribution in [2.24, 2.45) is 0 Å². The average Bonchev–Trinajstić information content (AvgIpc) is 2.62. The van der Waals surface area contributed by atoms with Crippen LogP contribution < -0.4 is 14.8 Å². The average molecular weight is 341 g/mol. The Hall–Kier alpha value is -3.60. The molecule has 0 heterocycles. The van der Waals surface area contributed by atoms with Crippen LogP contribution in [0.3, 0.4) is 0 Å². The van der Waals surface area contributed by atoms with E-state index in [1.54, 1.807) is 18.2 Å². The molecule has 0 fully saturated rings. The number of methoxy groups -OCH3 is 1. The van der Waals surface area contributed by atoms with Gasteiger partial charge < -0.3 is 14.8 Å². The number of nitro groups is 1. The minimum Gasteiger partial charge on any atom is -0.493 e. The summed E-state index contributed by atoms with van der Waals surface area (Å²) in [5.41, 5.74) is 0.649. The third-order valence-electron chi connectivity index (χ3n) is 3.26. The Morgan fingerprint density at radius 2 is 2.04 bits per heavy atom. The summed E-state index contributed by atoms with van der Waals surface area (Å²) in [6.07, 6.45) is -0.00476. The van der Waals surface area contributed by atoms with Crippen LogP contribution in [0, 0.1) is 21.4 Å². The maximum Gasteiger partial charge on any atom is 0.313 e. The molecule has 1 N–H and O–H groups in total. The van der Waals surface area contributed by atoms with Crippen molar-refractivity contribution in [1.29, 1.82) is 5.26 Å². The van der Waals surface area contributed by atoms with Crippen molar-refractivity contribution in [3.05, 3.63) is 58.1 Å². The molecule has 0 saturated heterocycles. The van der Waals surface area contributed by atoms with Gasteiger partial charge in [0.15, 0.2) is 11.5 Å². The Labute approximate surface area is 143 Å². The molecule has 0 spiro atoms. The highest BCUT2D eigenvalue weighted by molar-refractivity contribution is 5.74. The first kappa shape index (κ1) is 17.7. The van der Waals surface area contributed by atoms with Crippen molar-refractivity contribution in [2.75, 3.05) is 19.0 Å². The zero-order chi connectivity index (χ0) is 18.2. The number of nitrogens with zero attached hydrogens (tertiary/aromatic N) is 2. The molecule has 2 aromatic rings. The second kappa shape index (κ2) is 8.31. The number of esters is 1. The number of nitro benzene ring substituents is 1. The van der Waals surface area contributed by atoms with Gasteiger partial charge in [-0.3, -0.25) is 14.9 Å². The van der Waals surface area contributed by atoms with Crippen molar-refractivity contribution in [3.63, 3.8) is 0 Å². The largest absolute Gasteiger partial charge is 0.493 e. The van der Waals surface area contributed by atoms with Crippen LogP contribution >= 0.6 is 0 Å². The van der Waals surface area contributed by atoms with Crippen LogP contribution in [0.25, 0.3) is 0 Å². The molecule has 0 bridgehead atoms. The van der Waals surface area contributed by atoms with E-state index in [9.17, 15) is 14.9 Å². The molecular formula is C17H15N3O5. The van der Waals surface area contributed by atoms with E-state index < -0.39 is 10.9 Å². The Kier molecular flexibility index (Phi) is 5.90. The standard InChI is InChI=1S/C17H15N3O5/c1-24-16-10-12(11-18)6-7-15(16)25-17(21)8-9-19-13-4-2-3-5-14(13)20(22)23/h2-7,10,19H,8-9H2,1H3. The number of rotatable bonds is 7. The molecule has 0 amide bonds. The lowest BCUT2D eigenvalue weighted by atomic mass is 10.2. The van der Waals surface area contributed by atoms with Crippen molar-refractivity contribution < 1.29 is 19.2 Å². The summed E-state index contributed by atoms with van der Waals surface area (Å²) in [6, 6.07) is 12.6. The summed E-state index contributed by atoms with van der Waals surface area (Å²) in [7, 11) is 1.41. The molecule has 0 aliphatic rings. The van der Waals surface area contributed by atoms with E-state index in [2.05, 4.69) is 5.32 Å². The van der Waals surface area contributed by atoms with Gasteiger partial charge in [-0.2, -0.15) is 5.26 Å². The zero-order valence-electron chi connectivity index (χ0n) is 13.4.